The van der Waals surface area contributed by atoms with Gasteiger partial charge >= 0.3 is 6.09 Å². The van der Waals surface area contributed by atoms with Gasteiger partial charge in [-0.05, 0) is 53.6 Å². The number of imide groups is 1. The number of rotatable bonds is 4. The zero-order valence-electron chi connectivity index (χ0n) is 17.6. The van der Waals surface area contributed by atoms with Crippen LogP contribution in [-0.2, 0) is 17.6 Å². The highest BCUT2D eigenvalue weighted by molar-refractivity contribution is 7.17. The van der Waals surface area contributed by atoms with Crippen molar-refractivity contribution in [1.82, 2.24) is 4.90 Å². The number of carboxylic acid groups (broad SMARTS) is 1. The van der Waals surface area contributed by atoms with Crippen molar-refractivity contribution in [1.29, 1.82) is 0 Å². The van der Waals surface area contributed by atoms with E-state index in [1.165, 1.54) is 0 Å². The van der Waals surface area contributed by atoms with Crippen molar-refractivity contribution < 1.29 is 19.1 Å². The lowest BCUT2D eigenvalue weighted by Gasteiger charge is -2.36. The smallest absolute Gasteiger partial charge is 0.418 e. The Balaban J connectivity index is 1.23. The molecule has 5 rings (SSSR count). The van der Waals surface area contributed by atoms with Crippen molar-refractivity contribution in [2.75, 3.05) is 42.5 Å². The molecule has 2 aromatic carbocycles. The van der Waals surface area contributed by atoms with E-state index in [4.69, 9.17) is 0 Å². The van der Waals surface area contributed by atoms with Gasteiger partial charge < -0.3 is 10.0 Å². The quantitative estimate of drug-likeness (QED) is 0.636. The molecule has 1 N–H and O–H groups in total. The van der Waals surface area contributed by atoms with Crippen molar-refractivity contribution >= 4 is 44.8 Å². The molecule has 32 heavy (non-hydrogen) atoms. The number of thiophene rings is 1. The van der Waals surface area contributed by atoms with Gasteiger partial charge in [-0.3, -0.25) is 9.69 Å². The Morgan fingerprint density at radius 1 is 1.03 bits per heavy atom. The number of fused-ring (bicyclic) bond motifs is 2. The summed E-state index contributed by atoms with van der Waals surface area (Å²) in [5, 5.41) is 12.5. The van der Waals surface area contributed by atoms with Crippen LogP contribution in [0, 0.1) is 5.82 Å². The summed E-state index contributed by atoms with van der Waals surface area (Å²) in [6.07, 6.45) is 0.370. The second kappa shape index (κ2) is 8.52. The van der Waals surface area contributed by atoms with Gasteiger partial charge in [0, 0.05) is 54.9 Å². The van der Waals surface area contributed by atoms with E-state index < -0.39 is 6.09 Å². The summed E-state index contributed by atoms with van der Waals surface area (Å²) < 4.78 is 15.0. The van der Waals surface area contributed by atoms with Gasteiger partial charge in [0.25, 0.3) is 0 Å². The molecule has 1 fully saturated rings. The van der Waals surface area contributed by atoms with Gasteiger partial charge in [-0.25, -0.2) is 14.1 Å². The monoisotopic (exact) mass is 453 g/mol. The molecule has 0 saturated carbocycles. The van der Waals surface area contributed by atoms with Crippen molar-refractivity contribution in [3.05, 3.63) is 58.7 Å². The predicted molar refractivity (Wildman–Crippen MR) is 124 cm³/mol. The summed E-state index contributed by atoms with van der Waals surface area (Å²) in [4.78, 5) is 29.1. The van der Waals surface area contributed by atoms with E-state index in [0.717, 1.165) is 70.9 Å². The Morgan fingerprint density at radius 2 is 1.84 bits per heavy atom. The Bertz CT molecular complexity index is 1190. The summed E-state index contributed by atoms with van der Waals surface area (Å²) in [7, 11) is 0. The van der Waals surface area contributed by atoms with Crippen LogP contribution in [0.15, 0.2) is 41.8 Å². The highest BCUT2D eigenvalue weighted by atomic mass is 32.1. The number of amides is 2. The van der Waals surface area contributed by atoms with Crippen LogP contribution >= 0.6 is 11.3 Å². The predicted octanol–water partition coefficient (Wildman–Crippen LogP) is 4.36. The number of piperazine rings is 1. The van der Waals surface area contributed by atoms with Gasteiger partial charge in [-0.1, -0.05) is 12.1 Å². The fraction of sp³-hybridized carbons (Fsp3) is 0.333. The van der Waals surface area contributed by atoms with E-state index in [2.05, 4.69) is 15.9 Å². The van der Waals surface area contributed by atoms with E-state index in [1.807, 2.05) is 23.6 Å². The van der Waals surface area contributed by atoms with Crippen molar-refractivity contribution in [2.45, 2.75) is 19.3 Å². The molecule has 1 aromatic heterocycles. The van der Waals surface area contributed by atoms with Crippen LogP contribution in [0.4, 0.5) is 20.6 Å². The average Bonchev–Trinajstić information content (AvgIpc) is 3.25. The van der Waals surface area contributed by atoms with Gasteiger partial charge in [0.05, 0.1) is 5.69 Å². The lowest BCUT2D eigenvalue weighted by atomic mass is 9.98. The minimum atomic E-state index is -1.22. The molecular weight excluding hydrogens is 429 g/mol. The third-order valence-corrected chi connectivity index (χ3v) is 7.25. The van der Waals surface area contributed by atoms with Gasteiger partial charge in [0.15, 0.2) is 0 Å². The Kier molecular flexibility index (Phi) is 5.57. The number of benzene rings is 2. The Morgan fingerprint density at radius 3 is 2.62 bits per heavy atom. The van der Waals surface area contributed by atoms with Crippen LogP contribution in [0.1, 0.15) is 17.5 Å². The molecule has 0 aliphatic carbocycles. The van der Waals surface area contributed by atoms with Crippen LogP contribution in [0.2, 0.25) is 0 Å². The topological polar surface area (TPSA) is 64.1 Å². The molecule has 0 spiro atoms. The number of halogens is 1. The molecule has 0 radical (unpaired) electrons. The second-order valence-corrected chi connectivity index (χ2v) is 9.26. The number of hydrogen-bond acceptors (Lipinski definition) is 5. The number of anilines is 2. The largest absolute Gasteiger partial charge is 0.464 e. The average molecular weight is 454 g/mol. The minimum Gasteiger partial charge on any atom is -0.464 e. The molecule has 0 unspecified atom stereocenters. The SMILES string of the molecule is O=C(O)N1C(=O)CCc2ccc(CCN3CCN(c4cc(F)cc5sccc45)CC3)cc21. The minimum absolute atomic E-state index is 0.196. The van der Waals surface area contributed by atoms with E-state index in [1.54, 1.807) is 23.5 Å². The number of carbonyl (C=O) groups excluding carboxylic acids is 1. The van der Waals surface area contributed by atoms with E-state index in [9.17, 15) is 19.1 Å². The molecule has 3 heterocycles. The first kappa shape index (κ1) is 20.9. The van der Waals surface area contributed by atoms with Crippen LogP contribution in [0.3, 0.4) is 0 Å². The van der Waals surface area contributed by atoms with Crippen LogP contribution < -0.4 is 9.80 Å². The molecule has 2 aliphatic rings. The molecule has 0 bridgehead atoms. The van der Waals surface area contributed by atoms with Crippen molar-refractivity contribution in [2.24, 2.45) is 0 Å². The van der Waals surface area contributed by atoms with Gasteiger partial charge in [0.2, 0.25) is 5.91 Å². The summed E-state index contributed by atoms with van der Waals surface area (Å²) in [6.45, 7) is 4.28. The van der Waals surface area contributed by atoms with Crippen molar-refractivity contribution in [3.8, 4) is 0 Å². The number of carbonyl (C=O) groups is 2. The molecule has 2 amide bonds. The molecule has 8 heteroatoms. The van der Waals surface area contributed by atoms with Gasteiger partial charge in [0.1, 0.15) is 5.82 Å². The molecule has 0 atom stereocenters. The number of nitrogens with zero attached hydrogens (tertiary/aromatic N) is 3. The van der Waals surface area contributed by atoms with E-state index in [-0.39, 0.29) is 18.1 Å². The summed E-state index contributed by atoms with van der Waals surface area (Å²) >= 11 is 1.56. The third kappa shape index (κ3) is 3.96. The molecule has 1 saturated heterocycles. The lowest BCUT2D eigenvalue weighted by Crippen LogP contribution is -2.47. The van der Waals surface area contributed by atoms with E-state index in [0.29, 0.717) is 12.1 Å². The molecular formula is C24H24FN3O3S. The summed E-state index contributed by atoms with van der Waals surface area (Å²) in [6, 6.07) is 11.1. The first-order valence-corrected chi connectivity index (χ1v) is 11.7. The maximum Gasteiger partial charge on any atom is 0.418 e. The first-order valence-electron chi connectivity index (χ1n) is 10.8. The standard InChI is InChI=1S/C24H24FN3O3S/c25-18-14-21(19-6-12-32-22(19)15-18)27-10-8-26(9-11-27)7-5-16-1-2-17-3-4-23(29)28(24(30)31)20(17)13-16/h1-2,6,12-15H,3-5,7-11H2,(H,30,31). The third-order valence-electron chi connectivity index (χ3n) is 6.38. The summed E-state index contributed by atoms with van der Waals surface area (Å²) in [5.74, 6) is -0.561. The molecule has 2 aliphatic heterocycles. The molecule has 6 nitrogen and oxygen atoms in total. The number of aryl methyl sites for hydroxylation is 1. The maximum absolute atomic E-state index is 14.0. The van der Waals surface area contributed by atoms with E-state index >= 15 is 0 Å². The maximum atomic E-state index is 14.0. The summed E-state index contributed by atoms with van der Waals surface area (Å²) in [5.41, 5.74) is 3.40. The van der Waals surface area contributed by atoms with Crippen LogP contribution in [0.25, 0.3) is 10.1 Å². The zero-order valence-corrected chi connectivity index (χ0v) is 18.4. The molecule has 3 aromatic rings. The Hall–Kier alpha value is -2.97. The normalized spacial score (nSPS) is 17.1. The fourth-order valence-electron chi connectivity index (χ4n) is 4.66. The highest BCUT2D eigenvalue weighted by Crippen LogP contribution is 2.33. The highest BCUT2D eigenvalue weighted by Gasteiger charge is 2.29. The van der Waals surface area contributed by atoms with Crippen LogP contribution in [-0.4, -0.2) is 54.7 Å². The lowest BCUT2D eigenvalue weighted by molar-refractivity contribution is -0.118. The van der Waals surface area contributed by atoms with Crippen LogP contribution in [0.5, 0.6) is 0 Å². The zero-order chi connectivity index (χ0) is 22.2. The molecule has 166 valence electrons. The second-order valence-electron chi connectivity index (χ2n) is 8.31. The Labute approximate surface area is 189 Å². The van der Waals surface area contributed by atoms with Crippen molar-refractivity contribution in [3.63, 3.8) is 0 Å². The first-order chi connectivity index (χ1) is 15.5. The van der Waals surface area contributed by atoms with Gasteiger partial charge in [-0.15, -0.1) is 11.3 Å². The van der Waals surface area contributed by atoms with Gasteiger partial charge in [-0.2, -0.15) is 0 Å². The fourth-order valence-corrected chi connectivity index (χ4v) is 5.49. The number of hydrogen-bond donors (Lipinski definition) is 1.